The van der Waals surface area contributed by atoms with Gasteiger partial charge in [0.25, 0.3) is 0 Å². The average Bonchev–Trinajstić information content (AvgIpc) is 2.18. The van der Waals surface area contributed by atoms with Crippen LogP contribution in [0.5, 0.6) is 0 Å². The molecular formula is C11H16N2O2S. The van der Waals surface area contributed by atoms with E-state index >= 15 is 0 Å². The third kappa shape index (κ3) is 1.81. The van der Waals surface area contributed by atoms with Crippen molar-refractivity contribution >= 4 is 15.5 Å². The second kappa shape index (κ2) is 3.75. The maximum atomic E-state index is 12.1. The Balaban J connectivity index is 2.64. The Morgan fingerprint density at radius 1 is 1.44 bits per heavy atom. The first kappa shape index (κ1) is 11.4. The van der Waals surface area contributed by atoms with Crippen molar-refractivity contribution < 1.29 is 8.42 Å². The molecule has 4 nitrogen and oxygen atoms in total. The van der Waals surface area contributed by atoms with E-state index in [0.717, 1.165) is 11.1 Å². The van der Waals surface area contributed by atoms with E-state index in [-0.39, 0.29) is 11.8 Å². The van der Waals surface area contributed by atoms with Gasteiger partial charge in [0.1, 0.15) is 0 Å². The first-order valence-corrected chi connectivity index (χ1v) is 6.90. The van der Waals surface area contributed by atoms with Gasteiger partial charge in [-0.2, -0.15) is 0 Å². The molecule has 2 rings (SSSR count). The Morgan fingerprint density at radius 2 is 2.12 bits per heavy atom. The molecule has 1 aromatic carbocycles. The maximum Gasteiger partial charge on any atom is 0.182 e. The normalized spacial score (nSPS) is 22.3. The molecule has 0 bridgehead atoms. The highest BCUT2D eigenvalue weighted by molar-refractivity contribution is 7.91. The van der Waals surface area contributed by atoms with Gasteiger partial charge in [-0.1, -0.05) is 6.07 Å². The summed E-state index contributed by atoms with van der Waals surface area (Å²) < 4.78 is 24.1. The van der Waals surface area contributed by atoms with Crippen molar-refractivity contribution in [2.45, 2.75) is 24.8 Å². The van der Waals surface area contributed by atoms with E-state index in [1.54, 1.807) is 6.07 Å². The highest BCUT2D eigenvalue weighted by Gasteiger charge is 2.30. The number of hydrogen-bond acceptors (Lipinski definition) is 4. The predicted octanol–water partition coefficient (Wildman–Crippen LogP) is 0.830. The van der Waals surface area contributed by atoms with Crippen LogP contribution in [-0.2, 0) is 9.84 Å². The summed E-state index contributed by atoms with van der Waals surface area (Å²) in [5.74, 6) is 0.0827. The van der Waals surface area contributed by atoms with E-state index in [9.17, 15) is 8.42 Å². The number of nitrogens with one attached hydrogen (secondary N) is 1. The number of sulfone groups is 1. The molecule has 5 heteroatoms. The lowest BCUT2D eigenvalue weighted by molar-refractivity contribution is 0.585. The van der Waals surface area contributed by atoms with Gasteiger partial charge in [-0.25, -0.2) is 8.42 Å². The predicted molar refractivity (Wildman–Crippen MR) is 64.4 cm³/mol. The molecule has 1 aromatic rings. The summed E-state index contributed by atoms with van der Waals surface area (Å²) in [5, 5.41) is 3.19. The minimum atomic E-state index is -3.19. The lowest BCUT2D eigenvalue weighted by atomic mass is 10.1. The lowest BCUT2D eigenvalue weighted by Crippen LogP contribution is -2.40. The molecule has 1 atom stereocenters. The third-order valence-corrected chi connectivity index (χ3v) is 4.67. The number of aryl methyl sites for hydroxylation is 2. The quantitative estimate of drug-likeness (QED) is 0.762. The number of hydrogen-bond donors (Lipinski definition) is 2. The smallest absolute Gasteiger partial charge is 0.182 e. The fourth-order valence-corrected chi connectivity index (χ4v) is 3.91. The monoisotopic (exact) mass is 240 g/mol. The van der Waals surface area contributed by atoms with Crippen molar-refractivity contribution in [3.63, 3.8) is 0 Å². The highest BCUT2D eigenvalue weighted by Crippen LogP contribution is 2.32. The Kier molecular flexibility index (Phi) is 2.67. The molecule has 1 unspecified atom stereocenters. The van der Waals surface area contributed by atoms with Crippen molar-refractivity contribution in [1.29, 1.82) is 0 Å². The second-order valence-corrected chi connectivity index (χ2v) is 6.32. The minimum Gasteiger partial charge on any atom is -0.379 e. The molecule has 1 heterocycles. The van der Waals surface area contributed by atoms with Crippen molar-refractivity contribution in [3.05, 3.63) is 23.3 Å². The zero-order chi connectivity index (χ0) is 11.9. The number of benzene rings is 1. The first-order chi connectivity index (χ1) is 7.44. The molecule has 1 aliphatic heterocycles. The van der Waals surface area contributed by atoms with Crippen molar-refractivity contribution in [2.24, 2.45) is 5.73 Å². The maximum absolute atomic E-state index is 12.1. The largest absolute Gasteiger partial charge is 0.379 e. The molecule has 0 radical (unpaired) electrons. The Hall–Kier alpha value is -1.07. The molecule has 0 aromatic heterocycles. The fraction of sp³-hybridized carbons (Fsp3) is 0.455. The number of nitrogens with two attached hydrogens (primary N) is 1. The van der Waals surface area contributed by atoms with Crippen LogP contribution in [0.4, 0.5) is 5.69 Å². The van der Waals surface area contributed by atoms with Gasteiger partial charge in [0.2, 0.25) is 0 Å². The average molecular weight is 240 g/mol. The van der Waals surface area contributed by atoms with Crippen LogP contribution < -0.4 is 11.1 Å². The summed E-state index contributed by atoms with van der Waals surface area (Å²) in [6, 6.07) is 3.51. The third-order valence-electron chi connectivity index (χ3n) is 2.83. The van der Waals surface area contributed by atoms with Crippen LogP contribution >= 0.6 is 0 Å². The molecule has 0 amide bonds. The van der Waals surface area contributed by atoms with Crippen LogP contribution in [0.15, 0.2) is 17.0 Å². The van der Waals surface area contributed by atoms with Gasteiger partial charge in [-0.05, 0) is 31.0 Å². The summed E-state index contributed by atoms with van der Waals surface area (Å²) in [5.41, 5.74) is 8.17. The Morgan fingerprint density at radius 3 is 2.75 bits per heavy atom. The molecule has 1 aliphatic rings. The molecule has 0 aliphatic carbocycles. The number of fused-ring (bicyclic) bond motifs is 1. The van der Waals surface area contributed by atoms with Crippen LogP contribution in [0.2, 0.25) is 0 Å². The van der Waals surface area contributed by atoms with Crippen LogP contribution in [0.25, 0.3) is 0 Å². The molecule has 16 heavy (non-hydrogen) atoms. The summed E-state index contributed by atoms with van der Waals surface area (Å²) >= 11 is 0. The van der Waals surface area contributed by atoms with Gasteiger partial charge in [0.05, 0.1) is 22.4 Å². The van der Waals surface area contributed by atoms with Crippen LogP contribution in [0.3, 0.4) is 0 Å². The minimum absolute atomic E-state index is 0.0827. The van der Waals surface area contributed by atoms with Crippen LogP contribution in [0, 0.1) is 13.8 Å². The fourth-order valence-electron chi connectivity index (χ4n) is 2.09. The summed E-state index contributed by atoms with van der Waals surface area (Å²) in [6.45, 7) is 4.14. The van der Waals surface area contributed by atoms with Crippen LogP contribution in [-0.4, -0.2) is 26.8 Å². The number of anilines is 1. The standard InChI is InChI=1S/C11H16N2O2S/c1-7-3-8(2)11-10(4-7)16(14,15)6-9(5-12)13-11/h3-4,9,13H,5-6,12H2,1-2H3. The molecule has 3 N–H and O–H groups in total. The van der Waals surface area contributed by atoms with Gasteiger partial charge >= 0.3 is 0 Å². The Bertz CT molecular complexity index is 523. The Labute approximate surface area is 95.8 Å². The second-order valence-electron chi connectivity index (χ2n) is 4.31. The summed E-state index contributed by atoms with van der Waals surface area (Å²) in [4.78, 5) is 0.412. The first-order valence-electron chi connectivity index (χ1n) is 5.24. The molecule has 0 fully saturated rings. The zero-order valence-electron chi connectivity index (χ0n) is 9.45. The summed E-state index contributed by atoms with van der Waals surface area (Å²) in [7, 11) is -3.19. The SMILES string of the molecule is Cc1cc(C)c2c(c1)S(=O)(=O)CC(CN)N2. The summed E-state index contributed by atoms with van der Waals surface area (Å²) in [6.07, 6.45) is 0. The van der Waals surface area contributed by atoms with E-state index in [1.165, 1.54) is 0 Å². The molecule has 0 saturated heterocycles. The highest BCUT2D eigenvalue weighted by atomic mass is 32.2. The van der Waals surface area contributed by atoms with Crippen LogP contribution in [0.1, 0.15) is 11.1 Å². The zero-order valence-corrected chi connectivity index (χ0v) is 10.3. The molecule has 0 saturated carbocycles. The van der Waals surface area contributed by atoms with Crippen molar-refractivity contribution in [3.8, 4) is 0 Å². The van der Waals surface area contributed by atoms with E-state index in [1.807, 2.05) is 19.9 Å². The van der Waals surface area contributed by atoms with Crippen molar-refractivity contribution in [1.82, 2.24) is 0 Å². The van der Waals surface area contributed by atoms with Gasteiger partial charge < -0.3 is 11.1 Å². The lowest BCUT2D eigenvalue weighted by Gasteiger charge is -2.27. The number of rotatable bonds is 1. The van der Waals surface area contributed by atoms with Gasteiger partial charge in [0.15, 0.2) is 9.84 Å². The van der Waals surface area contributed by atoms with Crippen molar-refractivity contribution in [2.75, 3.05) is 17.6 Å². The van der Waals surface area contributed by atoms with Gasteiger partial charge in [0, 0.05) is 6.54 Å². The van der Waals surface area contributed by atoms with Gasteiger partial charge in [-0.15, -0.1) is 0 Å². The van der Waals surface area contributed by atoms with Gasteiger partial charge in [-0.3, -0.25) is 0 Å². The molecule has 88 valence electrons. The topological polar surface area (TPSA) is 72.2 Å². The van der Waals surface area contributed by atoms with E-state index in [4.69, 9.17) is 5.73 Å². The molecular weight excluding hydrogens is 224 g/mol. The van der Waals surface area contributed by atoms with E-state index in [2.05, 4.69) is 5.32 Å². The molecule has 0 spiro atoms. The van der Waals surface area contributed by atoms with E-state index < -0.39 is 9.84 Å². The van der Waals surface area contributed by atoms with E-state index in [0.29, 0.717) is 17.1 Å².